The number of ether oxygens (including phenoxy) is 2. The number of anilines is 2. The van der Waals surface area contributed by atoms with Crippen molar-refractivity contribution in [1.29, 1.82) is 0 Å². The van der Waals surface area contributed by atoms with E-state index in [0.717, 1.165) is 17.7 Å². The number of nitrogens with one attached hydrogen (secondary N) is 2. The van der Waals surface area contributed by atoms with Gasteiger partial charge in [-0.25, -0.2) is 4.79 Å². The highest BCUT2D eigenvalue weighted by atomic mass is 16.5. The third-order valence-corrected chi connectivity index (χ3v) is 4.41. The lowest BCUT2D eigenvalue weighted by atomic mass is 10.2. The predicted molar refractivity (Wildman–Crippen MR) is 120 cm³/mol. The van der Waals surface area contributed by atoms with Gasteiger partial charge in [-0.05, 0) is 55.7 Å². The number of carbonyl (C=O) groups excluding carboxylic acids is 4. The molecule has 32 heavy (non-hydrogen) atoms. The molecule has 8 nitrogen and oxygen atoms in total. The smallest absolute Gasteiger partial charge is 0.338 e. The van der Waals surface area contributed by atoms with Crippen LogP contribution in [0.25, 0.3) is 0 Å². The Labute approximate surface area is 187 Å². The number of benzene rings is 2. The van der Waals surface area contributed by atoms with E-state index in [2.05, 4.69) is 10.6 Å². The lowest BCUT2D eigenvalue weighted by Crippen LogP contribution is -2.21. The summed E-state index contributed by atoms with van der Waals surface area (Å²) in [4.78, 5) is 47.5. The molecule has 0 saturated heterocycles. The summed E-state index contributed by atoms with van der Waals surface area (Å²) in [5.74, 6) is -1.67. The third kappa shape index (κ3) is 8.59. The molecule has 2 N–H and O–H groups in total. The molecule has 0 aliphatic rings. The summed E-state index contributed by atoms with van der Waals surface area (Å²) in [5, 5.41) is 5.38. The number of amides is 2. The minimum atomic E-state index is -0.558. The van der Waals surface area contributed by atoms with Crippen LogP contribution < -0.4 is 10.6 Å². The maximum Gasteiger partial charge on any atom is 0.338 e. The van der Waals surface area contributed by atoms with Crippen molar-refractivity contribution in [2.24, 2.45) is 0 Å². The average Bonchev–Trinajstić information content (AvgIpc) is 2.78. The summed E-state index contributed by atoms with van der Waals surface area (Å²) in [7, 11) is 0. The fourth-order valence-electron chi connectivity index (χ4n) is 2.70. The van der Waals surface area contributed by atoms with E-state index < -0.39 is 24.5 Å². The maximum absolute atomic E-state index is 12.0. The van der Waals surface area contributed by atoms with Gasteiger partial charge in [0.15, 0.2) is 6.61 Å². The standard InChI is InChI=1S/C24H28N2O6/c1-3-15-31-24(30)18-11-13-19(14-12-18)25-22(28)16-32-23(29)10-6-9-21(27)26-20-8-5-4-7-17(20)2/h4-5,7-8,11-14H,3,6,9-10,15-16H2,1-2H3,(H,25,28)(H,26,27). The topological polar surface area (TPSA) is 111 Å². The molecular formula is C24H28N2O6. The molecule has 0 fully saturated rings. The first-order valence-electron chi connectivity index (χ1n) is 10.5. The molecule has 0 aromatic heterocycles. The van der Waals surface area contributed by atoms with E-state index in [4.69, 9.17) is 9.47 Å². The molecule has 0 aliphatic carbocycles. The molecule has 170 valence electrons. The van der Waals surface area contributed by atoms with Crippen molar-refractivity contribution in [2.75, 3.05) is 23.8 Å². The molecule has 0 bridgehead atoms. The van der Waals surface area contributed by atoms with Crippen LogP contribution in [0.3, 0.4) is 0 Å². The Morgan fingerprint density at radius 3 is 2.25 bits per heavy atom. The third-order valence-electron chi connectivity index (χ3n) is 4.41. The molecule has 0 radical (unpaired) electrons. The quantitative estimate of drug-likeness (QED) is 0.514. The predicted octanol–water partition coefficient (Wildman–Crippen LogP) is 3.85. The second kappa shape index (κ2) is 12.9. The van der Waals surface area contributed by atoms with Crippen LogP contribution in [-0.2, 0) is 23.9 Å². The molecule has 0 atom stereocenters. The van der Waals surface area contributed by atoms with Gasteiger partial charge in [0.25, 0.3) is 5.91 Å². The summed E-state index contributed by atoms with van der Waals surface area (Å²) in [6.45, 7) is 3.71. The van der Waals surface area contributed by atoms with Crippen LogP contribution in [0.5, 0.6) is 0 Å². The van der Waals surface area contributed by atoms with Crippen LogP contribution in [0.4, 0.5) is 11.4 Å². The normalized spacial score (nSPS) is 10.2. The summed E-state index contributed by atoms with van der Waals surface area (Å²) < 4.78 is 9.98. The number of hydrogen-bond acceptors (Lipinski definition) is 6. The van der Waals surface area contributed by atoms with Crippen LogP contribution in [0, 0.1) is 6.92 Å². The Bertz CT molecular complexity index is 940. The van der Waals surface area contributed by atoms with Crippen LogP contribution in [-0.4, -0.2) is 37.0 Å². The fraction of sp³-hybridized carbons (Fsp3) is 0.333. The highest BCUT2D eigenvalue weighted by Gasteiger charge is 2.11. The van der Waals surface area contributed by atoms with Crippen molar-refractivity contribution in [1.82, 2.24) is 0 Å². The first kappa shape index (κ1) is 24.6. The fourth-order valence-corrected chi connectivity index (χ4v) is 2.70. The second-order valence-electron chi connectivity index (χ2n) is 7.14. The number of para-hydroxylation sites is 1. The summed E-state index contributed by atoms with van der Waals surface area (Å²) in [6, 6.07) is 13.6. The van der Waals surface area contributed by atoms with Gasteiger partial charge in [0.05, 0.1) is 12.2 Å². The van der Waals surface area contributed by atoms with Crippen molar-refractivity contribution in [3.8, 4) is 0 Å². The molecule has 2 aromatic carbocycles. The molecule has 2 aromatic rings. The highest BCUT2D eigenvalue weighted by Crippen LogP contribution is 2.14. The molecule has 0 saturated carbocycles. The van der Waals surface area contributed by atoms with Gasteiger partial charge in [0.2, 0.25) is 5.91 Å². The van der Waals surface area contributed by atoms with Crippen LogP contribution in [0.2, 0.25) is 0 Å². The zero-order chi connectivity index (χ0) is 23.3. The number of esters is 2. The van der Waals surface area contributed by atoms with Crippen molar-refractivity contribution in [3.05, 3.63) is 59.7 Å². The van der Waals surface area contributed by atoms with Crippen LogP contribution >= 0.6 is 0 Å². The van der Waals surface area contributed by atoms with Gasteiger partial charge in [-0.3, -0.25) is 14.4 Å². The van der Waals surface area contributed by atoms with E-state index in [0.29, 0.717) is 24.3 Å². The first-order chi connectivity index (χ1) is 15.4. The van der Waals surface area contributed by atoms with E-state index in [1.54, 1.807) is 24.3 Å². The van der Waals surface area contributed by atoms with Gasteiger partial charge in [0, 0.05) is 24.2 Å². The summed E-state index contributed by atoms with van der Waals surface area (Å²) in [5.41, 5.74) is 2.54. The van der Waals surface area contributed by atoms with Gasteiger partial charge in [-0.15, -0.1) is 0 Å². The molecule has 0 heterocycles. The van der Waals surface area contributed by atoms with E-state index in [1.165, 1.54) is 0 Å². The Morgan fingerprint density at radius 2 is 1.56 bits per heavy atom. The molecule has 2 rings (SSSR count). The SMILES string of the molecule is CCCOC(=O)c1ccc(NC(=O)COC(=O)CCCC(=O)Nc2ccccc2C)cc1. The molecule has 2 amide bonds. The zero-order valence-electron chi connectivity index (χ0n) is 18.3. The Kier molecular flexibility index (Phi) is 9.90. The molecule has 0 unspecified atom stereocenters. The largest absolute Gasteiger partial charge is 0.462 e. The summed E-state index contributed by atoms with van der Waals surface area (Å²) >= 11 is 0. The molecular weight excluding hydrogens is 412 g/mol. The maximum atomic E-state index is 12.0. The molecule has 0 aliphatic heterocycles. The van der Waals surface area contributed by atoms with Gasteiger partial charge < -0.3 is 20.1 Å². The second-order valence-corrected chi connectivity index (χ2v) is 7.14. The van der Waals surface area contributed by atoms with Gasteiger partial charge in [0.1, 0.15) is 0 Å². The van der Waals surface area contributed by atoms with Gasteiger partial charge >= 0.3 is 11.9 Å². The number of aryl methyl sites for hydroxylation is 1. The van der Waals surface area contributed by atoms with Gasteiger partial charge in [-0.1, -0.05) is 25.1 Å². The molecule has 8 heteroatoms. The average molecular weight is 440 g/mol. The van der Waals surface area contributed by atoms with E-state index in [1.807, 2.05) is 38.1 Å². The van der Waals surface area contributed by atoms with E-state index in [-0.39, 0.29) is 18.7 Å². The van der Waals surface area contributed by atoms with Gasteiger partial charge in [-0.2, -0.15) is 0 Å². The minimum Gasteiger partial charge on any atom is -0.462 e. The van der Waals surface area contributed by atoms with Crippen molar-refractivity contribution >= 4 is 35.1 Å². The number of carbonyl (C=O) groups is 4. The lowest BCUT2D eigenvalue weighted by molar-refractivity contribution is -0.147. The molecule has 0 spiro atoms. The highest BCUT2D eigenvalue weighted by molar-refractivity contribution is 5.94. The van der Waals surface area contributed by atoms with Crippen molar-refractivity contribution < 1.29 is 28.7 Å². The first-order valence-corrected chi connectivity index (χ1v) is 10.5. The minimum absolute atomic E-state index is 0.0308. The van der Waals surface area contributed by atoms with E-state index >= 15 is 0 Å². The van der Waals surface area contributed by atoms with E-state index in [9.17, 15) is 19.2 Å². The number of hydrogen-bond donors (Lipinski definition) is 2. The van der Waals surface area contributed by atoms with Crippen molar-refractivity contribution in [2.45, 2.75) is 39.5 Å². The number of rotatable bonds is 11. The van der Waals surface area contributed by atoms with Crippen molar-refractivity contribution in [3.63, 3.8) is 0 Å². The Balaban J connectivity index is 1.65. The summed E-state index contributed by atoms with van der Waals surface area (Å²) in [6.07, 6.45) is 1.25. The zero-order valence-corrected chi connectivity index (χ0v) is 18.3. The Morgan fingerprint density at radius 1 is 0.844 bits per heavy atom. The monoisotopic (exact) mass is 440 g/mol. The van der Waals surface area contributed by atoms with Crippen LogP contribution in [0.15, 0.2) is 48.5 Å². The lowest BCUT2D eigenvalue weighted by Gasteiger charge is -2.09. The van der Waals surface area contributed by atoms with Crippen LogP contribution in [0.1, 0.15) is 48.5 Å². The Hall–Kier alpha value is -3.68.